The number of amides is 1. The fraction of sp³-hybridized carbons (Fsp3) is 0.533. The number of aromatic nitrogens is 4. The summed E-state index contributed by atoms with van der Waals surface area (Å²) in [6.45, 7) is 3.71. The number of carbonyl (C=O) groups excluding carboxylic acids is 1. The molecule has 3 rings (SSSR count). The summed E-state index contributed by atoms with van der Waals surface area (Å²) in [5, 5.41) is 11.2. The maximum absolute atomic E-state index is 12.5. The van der Waals surface area contributed by atoms with Gasteiger partial charge in [0.15, 0.2) is 0 Å². The average molecular weight is 287 g/mol. The molecular weight excluding hydrogens is 266 g/mol. The standard InChI is InChI=1S/C15H21N5O/c1-11-9-16-18-13(11)8-12-4-3-7-20(10-12)15(21)14-5-6-17-19(14)2/h5-6,9,12H,3-4,7-8,10H2,1-2H3,(H,16,18)/t12-/m0/s1. The minimum Gasteiger partial charge on any atom is -0.337 e. The highest BCUT2D eigenvalue weighted by Gasteiger charge is 2.26. The van der Waals surface area contributed by atoms with Gasteiger partial charge in [-0.2, -0.15) is 10.2 Å². The van der Waals surface area contributed by atoms with Gasteiger partial charge in [-0.3, -0.25) is 14.6 Å². The lowest BCUT2D eigenvalue weighted by atomic mass is 9.92. The summed E-state index contributed by atoms with van der Waals surface area (Å²) < 4.78 is 1.64. The number of hydrogen-bond acceptors (Lipinski definition) is 3. The van der Waals surface area contributed by atoms with Gasteiger partial charge in [0, 0.05) is 32.0 Å². The quantitative estimate of drug-likeness (QED) is 0.931. The van der Waals surface area contributed by atoms with E-state index < -0.39 is 0 Å². The van der Waals surface area contributed by atoms with Crippen molar-refractivity contribution in [1.29, 1.82) is 0 Å². The number of rotatable bonds is 3. The van der Waals surface area contributed by atoms with Crippen LogP contribution in [0.2, 0.25) is 0 Å². The topological polar surface area (TPSA) is 66.8 Å². The van der Waals surface area contributed by atoms with E-state index in [9.17, 15) is 4.79 Å². The first-order chi connectivity index (χ1) is 10.1. The van der Waals surface area contributed by atoms with Crippen LogP contribution in [0.5, 0.6) is 0 Å². The minimum atomic E-state index is 0.0843. The van der Waals surface area contributed by atoms with E-state index in [1.807, 2.05) is 18.1 Å². The number of hydrogen-bond donors (Lipinski definition) is 1. The molecule has 0 radical (unpaired) electrons. The summed E-state index contributed by atoms with van der Waals surface area (Å²) in [5.74, 6) is 0.580. The molecule has 1 aliphatic heterocycles. The van der Waals surface area contributed by atoms with E-state index in [1.54, 1.807) is 16.9 Å². The second-order valence-corrected chi connectivity index (χ2v) is 5.84. The monoisotopic (exact) mass is 287 g/mol. The molecule has 21 heavy (non-hydrogen) atoms. The molecular formula is C15H21N5O. The Balaban J connectivity index is 1.67. The van der Waals surface area contributed by atoms with Crippen molar-refractivity contribution in [1.82, 2.24) is 24.9 Å². The zero-order chi connectivity index (χ0) is 14.8. The van der Waals surface area contributed by atoms with E-state index in [-0.39, 0.29) is 5.91 Å². The summed E-state index contributed by atoms with van der Waals surface area (Å²) in [4.78, 5) is 14.5. The molecule has 1 fully saturated rings. The number of likely N-dealkylation sites (tertiary alicyclic amines) is 1. The van der Waals surface area contributed by atoms with Crippen molar-refractivity contribution in [3.8, 4) is 0 Å². The summed E-state index contributed by atoms with van der Waals surface area (Å²) in [7, 11) is 1.81. The predicted molar refractivity (Wildman–Crippen MR) is 78.9 cm³/mol. The first-order valence-corrected chi connectivity index (χ1v) is 7.41. The van der Waals surface area contributed by atoms with Gasteiger partial charge >= 0.3 is 0 Å². The van der Waals surface area contributed by atoms with Gasteiger partial charge in [0.05, 0.1) is 6.20 Å². The maximum Gasteiger partial charge on any atom is 0.272 e. The van der Waals surface area contributed by atoms with Crippen LogP contribution in [0.1, 0.15) is 34.6 Å². The van der Waals surface area contributed by atoms with Crippen LogP contribution in [0.25, 0.3) is 0 Å². The lowest BCUT2D eigenvalue weighted by Crippen LogP contribution is -2.41. The fourth-order valence-electron chi connectivity index (χ4n) is 3.03. The van der Waals surface area contributed by atoms with Gasteiger partial charge in [-0.1, -0.05) is 0 Å². The van der Waals surface area contributed by atoms with E-state index in [2.05, 4.69) is 22.2 Å². The number of H-pyrrole nitrogens is 1. The molecule has 1 N–H and O–H groups in total. The molecule has 0 saturated carbocycles. The molecule has 1 atom stereocenters. The van der Waals surface area contributed by atoms with Crippen LogP contribution in [-0.2, 0) is 13.5 Å². The van der Waals surface area contributed by atoms with Crippen molar-refractivity contribution in [2.75, 3.05) is 13.1 Å². The van der Waals surface area contributed by atoms with Crippen LogP contribution in [0.15, 0.2) is 18.5 Å². The third-order valence-corrected chi connectivity index (χ3v) is 4.27. The van der Waals surface area contributed by atoms with Crippen molar-refractivity contribution in [2.45, 2.75) is 26.2 Å². The summed E-state index contributed by atoms with van der Waals surface area (Å²) in [5.41, 5.74) is 3.05. The van der Waals surface area contributed by atoms with Gasteiger partial charge in [0.1, 0.15) is 5.69 Å². The average Bonchev–Trinajstić information content (AvgIpc) is 3.08. The Bertz CT molecular complexity index is 630. The Labute approximate surface area is 124 Å². The van der Waals surface area contributed by atoms with E-state index in [0.29, 0.717) is 11.6 Å². The molecule has 3 heterocycles. The SMILES string of the molecule is Cc1cn[nH]c1C[C@@H]1CCCN(C(=O)c2ccnn2C)C1. The van der Waals surface area contributed by atoms with E-state index in [0.717, 1.165) is 32.4 Å². The smallest absolute Gasteiger partial charge is 0.272 e. The zero-order valence-corrected chi connectivity index (χ0v) is 12.5. The predicted octanol–water partition coefficient (Wildman–Crippen LogP) is 1.55. The largest absolute Gasteiger partial charge is 0.337 e. The molecule has 0 aliphatic carbocycles. The zero-order valence-electron chi connectivity index (χ0n) is 12.5. The van der Waals surface area contributed by atoms with Gasteiger partial charge in [0.25, 0.3) is 5.91 Å². The normalized spacial score (nSPS) is 19.0. The number of nitrogens with one attached hydrogen (secondary N) is 1. The van der Waals surface area contributed by atoms with Gasteiger partial charge < -0.3 is 4.90 Å². The van der Waals surface area contributed by atoms with Crippen molar-refractivity contribution in [3.63, 3.8) is 0 Å². The molecule has 2 aromatic rings. The molecule has 112 valence electrons. The number of piperidine rings is 1. The van der Waals surface area contributed by atoms with Crippen molar-refractivity contribution in [2.24, 2.45) is 13.0 Å². The Morgan fingerprint density at radius 3 is 3.05 bits per heavy atom. The summed E-state index contributed by atoms with van der Waals surface area (Å²) in [6.07, 6.45) is 6.70. The summed E-state index contributed by atoms with van der Waals surface area (Å²) >= 11 is 0. The van der Waals surface area contributed by atoms with Gasteiger partial charge in [-0.25, -0.2) is 0 Å². The lowest BCUT2D eigenvalue weighted by Gasteiger charge is -2.32. The molecule has 0 spiro atoms. The van der Waals surface area contributed by atoms with Crippen molar-refractivity contribution in [3.05, 3.63) is 35.4 Å². The van der Waals surface area contributed by atoms with Crippen LogP contribution in [0.4, 0.5) is 0 Å². The minimum absolute atomic E-state index is 0.0843. The Morgan fingerprint density at radius 2 is 2.38 bits per heavy atom. The molecule has 6 heteroatoms. The van der Waals surface area contributed by atoms with Gasteiger partial charge in [0.2, 0.25) is 0 Å². The van der Waals surface area contributed by atoms with Crippen LogP contribution < -0.4 is 0 Å². The molecule has 0 aromatic carbocycles. The third kappa shape index (κ3) is 2.84. The van der Waals surface area contributed by atoms with Crippen molar-refractivity contribution >= 4 is 5.91 Å². The van der Waals surface area contributed by atoms with E-state index in [1.165, 1.54) is 11.3 Å². The first kappa shape index (κ1) is 13.9. The Hall–Kier alpha value is -2.11. The molecule has 6 nitrogen and oxygen atoms in total. The molecule has 2 aromatic heterocycles. The fourth-order valence-corrected chi connectivity index (χ4v) is 3.03. The molecule has 0 unspecified atom stereocenters. The number of carbonyl (C=O) groups is 1. The highest BCUT2D eigenvalue weighted by Crippen LogP contribution is 2.22. The summed E-state index contributed by atoms with van der Waals surface area (Å²) in [6, 6.07) is 1.78. The number of nitrogens with zero attached hydrogens (tertiary/aromatic N) is 4. The van der Waals surface area contributed by atoms with Gasteiger partial charge in [-0.05, 0) is 43.7 Å². The van der Waals surface area contributed by atoms with Crippen LogP contribution in [0.3, 0.4) is 0 Å². The van der Waals surface area contributed by atoms with Gasteiger partial charge in [-0.15, -0.1) is 0 Å². The van der Waals surface area contributed by atoms with E-state index in [4.69, 9.17) is 0 Å². The highest BCUT2D eigenvalue weighted by atomic mass is 16.2. The van der Waals surface area contributed by atoms with Crippen molar-refractivity contribution < 1.29 is 4.79 Å². The molecule has 0 bridgehead atoms. The maximum atomic E-state index is 12.5. The highest BCUT2D eigenvalue weighted by molar-refractivity contribution is 5.92. The van der Waals surface area contributed by atoms with Crippen LogP contribution >= 0.6 is 0 Å². The molecule has 1 saturated heterocycles. The Morgan fingerprint density at radius 1 is 1.52 bits per heavy atom. The number of aryl methyl sites for hydroxylation is 2. The van der Waals surface area contributed by atoms with E-state index >= 15 is 0 Å². The number of aromatic amines is 1. The molecule has 1 amide bonds. The second-order valence-electron chi connectivity index (χ2n) is 5.84. The Kier molecular flexibility index (Phi) is 3.77. The van der Waals surface area contributed by atoms with Crippen LogP contribution in [0, 0.1) is 12.8 Å². The van der Waals surface area contributed by atoms with Crippen LogP contribution in [-0.4, -0.2) is 43.9 Å². The lowest BCUT2D eigenvalue weighted by molar-refractivity contribution is 0.0661. The molecule has 1 aliphatic rings. The second kappa shape index (κ2) is 5.71. The first-order valence-electron chi connectivity index (χ1n) is 7.41. The third-order valence-electron chi connectivity index (χ3n) is 4.27.